The molecule has 2 rings (SSSR count). The zero-order valence-electron chi connectivity index (χ0n) is 11.8. The summed E-state index contributed by atoms with van der Waals surface area (Å²) in [5, 5.41) is 14.3. The minimum absolute atomic E-state index is 0.0639. The second-order valence-electron chi connectivity index (χ2n) is 4.44. The van der Waals surface area contributed by atoms with Gasteiger partial charge in [0.1, 0.15) is 11.4 Å². The lowest BCUT2D eigenvalue weighted by Gasteiger charge is -2.09. The van der Waals surface area contributed by atoms with Crippen molar-refractivity contribution in [1.82, 2.24) is 9.78 Å². The van der Waals surface area contributed by atoms with Gasteiger partial charge in [0.05, 0.1) is 18.8 Å². The van der Waals surface area contributed by atoms with Crippen molar-refractivity contribution in [3.05, 3.63) is 40.7 Å². The van der Waals surface area contributed by atoms with E-state index in [0.717, 1.165) is 30.0 Å². The Morgan fingerprint density at radius 3 is 2.70 bits per heavy atom. The zero-order valence-corrected chi connectivity index (χ0v) is 12.5. The zero-order chi connectivity index (χ0) is 14.5. The van der Waals surface area contributed by atoms with Gasteiger partial charge in [-0.2, -0.15) is 5.10 Å². The van der Waals surface area contributed by atoms with E-state index in [1.165, 1.54) is 0 Å². The van der Waals surface area contributed by atoms with E-state index in [-0.39, 0.29) is 6.61 Å². The van der Waals surface area contributed by atoms with E-state index >= 15 is 0 Å². The smallest absolute Gasteiger partial charge is 0.171 e. The summed E-state index contributed by atoms with van der Waals surface area (Å²) >= 11 is 5.98. The highest BCUT2D eigenvalue weighted by molar-refractivity contribution is 6.30. The molecule has 0 aliphatic carbocycles. The first kappa shape index (κ1) is 14.9. The van der Waals surface area contributed by atoms with E-state index in [1.807, 2.05) is 29.8 Å². The summed E-state index contributed by atoms with van der Waals surface area (Å²) in [6, 6.07) is 7.32. The van der Waals surface area contributed by atoms with Gasteiger partial charge >= 0.3 is 0 Å². The van der Waals surface area contributed by atoms with Gasteiger partial charge < -0.3 is 9.84 Å². The Hall–Kier alpha value is -1.52. The highest BCUT2D eigenvalue weighted by Gasteiger charge is 2.17. The molecule has 0 atom stereocenters. The van der Waals surface area contributed by atoms with Crippen molar-refractivity contribution in [1.29, 1.82) is 0 Å². The molecule has 0 saturated carbocycles. The summed E-state index contributed by atoms with van der Waals surface area (Å²) in [6.45, 7) is 4.63. The van der Waals surface area contributed by atoms with Gasteiger partial charge in [0.25, 0.3) is 0 Å². The largest absolute Gasteiger partial charge is 0.453 e. The summed E-state index contributed by atoms with van der Waals surface area (Å²) in [6.07, 6.45) is 1.57. The third-order valence-electron chi connectivity index (χ3n) is 3.07. The van der Waals surface area contributed by atoms with E-state index in [2.05, 4.69) is 12.0 Å². The fourth-order valence-electron chi connectivity index (χ4n) is 2.16. The SMILES string of the molecule is CCc1nn(CCO)c(CC)c1Oc1cccc(Cl)c1. The normalized spacial score (nSPS) is 10.8. The Balaban J connectivity index is 2.38. The van der Waals surface area contributed by atoms with Crippen LogP contribution in [0.4, 0.5) is 0 Å². The minimum atomic E-state index is 0.0639. The molecule has 0 aliphatic rings. The second-order valence-corrected chi connectivity index (χ2v) is 4.87. The lowest BCUT2D eigenvalue weighted by Crippen LogP contribution is -2.07. The van der Waals surface area contributed by atoms with Gasteiger partial charge in [-0.15, -0.1) is 0 Å². The molecule has 0 radical (unpaired) electrons. The quantitative estimate of drug-likeness (QED) is 0.888. The Labute approximate surface area is 123 Å². The van der Waals surface area contributed by atoms with Crippen LogP contribution in [-0.4, -0.2) is 21.5 Å². The number of benzene rings is 1. The first-order valence-corrected chi connectivity index (χ1v) is 7.20. The molecule has 20 heavy (non-hydrogen) atoms. The molecule has 0 unspecified atom stereocenters. The summed E-state index contributed by atoms with van der Waals surface area (Å²) < 4.78 is 7.80. The van der Waals surface area contributed by atoms with Gasteiger partial charge in [0.15, 0.2) is 5.75 Å². The van der Waals surface area contributed by atoms with Gasteiger partial charge in [0, 0.05) is 5.02 Å². The fourth-order valence-corrected chi connectivity index (χ4v) is 2.34. The second kappa shape index (κ2) is 6.77. The third kappa shape index (κ3) is 3.14. The summed E-state index contributed by atoms with van der Waals surface area (Å²) in [5.74, 6) is 1.48. The van der Waals surface area contributed by atoms with E-state index in [1.54, 1.807) is 6.07 Å². The van der Waals surface area contributed by atoms with Crippen LogP contribution in [0.1, 0.15) is 25.2 Å². The van der Waals surface area contributed by atoms with Crippen LogP contribution in [0, 0.1) is 0 Å². The molecule has 108 valence electrons. The molecule has 1 N–H and O–H groups in total. The third-order valence-corrected chi connectivity index (χ3v) is 3.31. The molecule has 1 heterocycles. The summed E-state index contributed by atoms with van der Waals surface area (Å²) in [7, 11) is 0. The van der Waals surface area contributed by atoms with Crippen molar-refractivity contribution in [2.45, 2.75) is 33.2 Å². The minimum Gasteiger partial charge on any atom is -0.453 e. The lowest BCUT2D eigenvalue weighted by molar-refractivity contribution is 0.267. The van der Waals surface area contributed by atoms with Crippen LogP contribution < -0.4 is 4.74 Å². The molecule has 0 aliphatic heterocycles. The Bertz CT molecular complexity index is 581. The van der Waals surface area contributed by atoms with Crippen LogP contribution in [0.15, 0.2) is 24.3 Å². The van der Waals surface area contributed by atoms with E-state index < -0.39 is 0 Å². The van der Waals surface area contributed by atoms with Gasteiger partial charge in [-0.3, -0.25) is 4.68 Å². The number of aliphatic hydroxyl groups is 1. The first-order chi connectivity index (χ1) is 9.69. The number of nitrogens with zero attached hydrogens (tertiary/aromatic N) is 2. The lowest BCUT2D eigenvalue weighted by atomic mass is 10.2. The maximum absolute atomic E-state index is 9.12. The number of ether oxygens (including phenoxy) is 1. The standard InChI is InChI=1S/C15H19ClN2O2/c1-3-13-15(14(4-2)18(17-13)8-9-19)20-12-7-5-6-11(16)10-12/h5-7,10,19H,3-4,8-9H2,1-2H3. The molecule has 0 fully saturated rings. The summed E-state index contributed by atoms with van der Waals surface area (Å²) in [4.78, 5) is 0. The Kier molecular flexibility index (Phi) is 5.04. The van der Waals surface area contributed by atoms with Crippen LogP contribution >= 0.6 is 11.6 Å². The molecule has 0 saturated heterocycles. The van der Waals surface area contributed by atoms with Crippen LogP contribution in [0.5, 0.6) is 11.5 Å². The number of aryl methyl sites for hydroxylation is 1. The predicted molar refractivity (Wildman–Crippen MR) is 79.6 cm³/mol. The predicted octanol–water partition coefficient (Wildman–Crippen LogP) is 3.45. The molecule has 1 aromatic carbocycles. The fraction of sp³-hybridized carbons (Fsp3) is 0.400. The molecule has 5 heteroatoms. The summed E-state index contributed by atoms with van der Waals surface area (Å²) in [5.41, 5.74) is 1.89. The topological polar surface area (TPSA) is 47.3 Å². The maximum Gasteiger partial charge on any atom is 0.171 e. The van der Waals surface area contributed by atoms with E-state index in [4.69, 9.17) is 21.4 Å². The van der Waals surface area contributed by atoms with Crippen LogP contribution in [-0.2, 0) is 19.4 Å². The van der Waals surface area contributed by atoms with Crippen LogP contribution in [0.3, 0.4) is 0 Å². The van der Waals surface area contributed by atoms with Gasteiger partial charge in [0.2, 0.25) is 0 Å². The van der Waals surface area contributed by atoms with Crippen molar-refractivity contribution in [3.8, 4) is 11.5 Å². The Morgan fingerprint density at radius 2 is 2.10 bits per heavy atom. The van der Waals surface area contributed by atoms with Crippen molar-refractivity contribution >= 4 is 11.6 Å². The highest BCUT2D eigenvalue weighted by atomic mass is 35.5. The van der Waals surface area contributed by atoms with Crippen molar-refractivity contribution in [2.24, 2.45) is 0 Å². The molecule has 0 spiro atoms. The molecule has 4 nitrogen and oxygen atoms in total. The van der Waals surface area contributed by atoms with Gasteiger partial charge in [-0.25, -0.2) is 0 Å². The highest BCUT2D eigenvalue weighted by Crippen LogP contribution is 2.31. The average Bonchev–Trinajstić information content (AvgIpc) is 2.76. The number of aliphatic hydroxyl groups excluding tert-OH is 1. The molecule has 2 aromatic rings. The van der Waals surface area contributed by atoms with Gasteiger partial charge in [-0.1, -0.05) is 31.5 Å². The molecular formula is C15H19ClN2O2. The number of rotatable bonds is 6. The number of hydrogen-bond acceptors (Lipinski definition) is 3. The Morgan fingerprint density at radius 1 is 1.30 bits per heavy atom. The maximum atomic E-state index is 9.12. The first-order valence-electron chi connectivity index (χ1n) is 6.82. The molecule has 0 amide bonds. The van der Waals surface area contributed by atoms with E-state index in [0.29, 0.717) is 17.3 Å². The molecular weight excluding hydrogens is 276 g/mol. The monoisotopic (exact) mass is 294 g/mol. The van der Waals surface area contributed by atoms with Crippen LogP contribution in [0.25, 0.3) is 0 Å². The average molecular weight is 295 g/mol. The number of hydrogen-bond donors (Lipinski definition) is 1. The van der Waals surface area contributed by atoms with Gasteiger partial charge in [-0.05, 0) is 31.0 Å². The van der Waals surface area contributed by atoms with Crippen molar-refractivity contribution in [3.63, 3.8) is 0 Å². The number of halogens is 1. The molecule has 1 aromatic heterocycles. The van der Waals surface area contributed by atoms with Crippen LogP contribution in [0.2, 0.25) is 5.02 Å². The van der Waals surface area contributed by atoms with E-state index in [9.17, 15) is 0 Å². The molecule has 0 bridgehead atoms. The van der Waals surface area contributed by atoms with Crippen molar-refractivity contribution in [2.75, 3.05) is 6.61 Å². The number of aromatic nitrogens is 2. The van der Waals surface area contributed by atoms with Crippen molar-refractivity contribution < 1.29 is 9.84 Å².